The van der Waals surface area contributed by atoms with Crippen molar-refractivity contribution < 1.29 is 9.53 Å². The van der Waals surface area contributed by atoms with E-state index in [-0.39, 0.29) is 5.91 Å². The molecule has 1 aromatic rings. The van der Waals surface area contributed by atoms with E-state index in [9.17, 15) is 4.79 Å². The molecule has 1 amide bonds. The van der Waals surface area contributed by atoms with Crippen molar-refractivity contribution in [2.24, 2.45) is 11.7 Å². The Morgan fingerprint density at radius 3 is 2.70 bits per heavy atom. The summed E-state index contributed by atoms with van der Waals surface area (Å²) in [6.45, 7) is 2.42. The lowest BCUT2D eigenvalue weighted by molar-refractivity contribution is -0.122. The largest absolute Gasteiger partial charge is 0.381 e. The van der Waals surface area contributed by atoms with Gasteiger partial charge in [0.2, 0.25) is 5.91 Å². The molecule has 0 bridgehead atoms. The Hall–Kier alpha value is -1.39. The van der Waals surface area contributed by atoms with Crippen molar-refractivity contribution in [3.8, 4) is 0 Å². The highest BCUT2D eigenvalue weighted by atomic mass is 16.5. The van der Waals surface area contributed by atoms with Gasteiger partial charge in [0.25, 0.3) is 0 Å². The minimum Gasteiger partial charge on any atom is -0.381 e. The molecule has 20 heavy (non-hydrogen) atoms. The van der Waals surface area contributed by atoms with E-state index in [0.29, 0.717) is 18.9 Å². The molecule has 1 heterocycles. The van der Waals surface area contributed by atoms with Crippen LogP contribution in [0.2, 0.25) is 0 Å². The summed E-state index contributed by atoms with van der Waals surface area (Å²) in [4.78, 5) is 11.9. The van der Waals surface area contributed by atoms with Gasteiger partial charge in [0.1, 0.15) is 0 Å². The van der Waals surface area contributed by atoms with Crippen molar-refractivity contribution in [3.63, 3.8) is 0 Å². The van der Waals surface area contributed by atoms with E-state index in [1.807, 2.05) is 30.3 Å². The minimum absolute atomic E-state index is 0.0547. The summed E-state index contributed by atoms with van der Waals surface area (Å²) in [5.74, 6) is 0.621. The molecule has 3 N–H and O–H groups in total. The van der Waals surface area contributed by atoms with Crippen LogP contribution in [0.25, 0.3) is 0 Å². The van der Waals surface area contributed by atoms with Gasteiger partial charge in [-0.05, 0) is 37.2 Å². The van der Waals surface area contributed by atoms with E-state index >= 15 is 0 Å². The predicted octanol–water partition coefficient (Wildman–Crippen LogP) is 1.49. The normalized spacial score (nSPS) is 17.6. The first-order valence-electron chi connectivity index (χ1n) is 7.40. The zero-order chi connectivity index (χ0) is 14.2. The van der Waals surface area contributed by atoms with Crippen LogP contribution in [0.4, 0.5) is 0 Å². The highest BCUT2D eigenvalue weighted by Crippen LogP contribution is 2.17. The van der Waals surface area contributed by atoms with E-state index in [1.54, 1.807) is 0 Å². The number of hydrogen-bond acceptors (Lipinski definition) is 3. The van der Waals surface area contributed by atoms with E-state index in [0.717, 1.165) is 38.0 Å². The van der Waals surface area contributed by atoms with Crippen molar-refractivity contribution in [2.45, 2.75) is 31.7 Å². The maximum Gasteiger partial charge on any atom is 0.237 e. The third-order valence-electron chi connectivity index (χ3n) is 3.83. The van der Waals surface area contributed by atoms with E-state index in [2.05, 4.69) is 5.32 Å². The van der Waals surface area contributed by atoms with Crippen LogP contribution in [0.15, 0.2) is 30.3 Å². The zero-order valence-corrected chi connectivity index (χ0v) is 11.9. The van der Waals surface area contributed by atoms with E-state index in [4.69, 9.17) is 10.5 Å². The van der Waals surface area contributed by atoms with Crippen LogP contribution in [0.5, 0.6) is 0 Å². The van der Waals surface area contributed by atoms with Gasteiger partial charge >= 0.3 is 0 Å². The van der Waals surface area contributed by atoms with Gasteiger partial charge in [0, 0.05) is 19.8 Å². The average Bonchev–Trinajstić information content (AvgIpc) is 2.49. The summed E-state index contributed by atoms with van der Waals surface area (Å²) < 4.78 is 5.32. The van der Waals surface area contributed by atoms with Gasteiger partial charge in [-0.25, -0.2) is 0 Å². The van der Waals surface area contributed by atoms with Crippen LogP contribution < -0.4 is 11.1 Å². The molecule has 0 radical (unpaired) electrons. The molecule has 0 aromatic heterocycles. The molecule has 0 saturated carbocycles. The SMILES string of the molecule is NC(Cc1ccccc1)C(=O)NCCC1CCOCC1. The molecule has 1 atom stereocenters. The second-order valence-electron chi connectivity index (χ2n) is 5.43. The van der Waals surface area contributed by atoms with Crippen molar-refractivity contribution in [1.29, 1.82) is 0 Å². The summed E-state index contributed by atoms with van der Waals surface area (Å²) in [6.07, 6.45) is 3.81. The molecular formula is C16H24N2O2. The van der Waals surface area contributed by atoms with Gasteiger partial charge < -0.3 is 15.8 Å². The maximum atomic E-state index is 11.9. The summed E-state index contributed by atoms with van der Waals surface area (Å²) in [7, 11) is 0. The average molecular weight is 276 g/mol. The second kappa shape index (κ2) is 8.02. The van der Waals surface area contributed by atoms with Gasteiger partial charge in [-0.15, -0.1) is 0 Å². The molecule has 2 rings (SSSR count). The highest BCUT2D eigenvalue weighted by Gasteiger charge is 2.16. The molecule has 1 saturated heterocycles. The Bertz CT molecular complexity index is 402. The van der Waals surface area contributed by atoms with Gasteiger partial charge in [0.15, 0.2) is 0 Å². The summed E-state index contributed by atoms with van der Waals surface area (Å²) >= 11 is 0. The smallest absolute Gasteiger partial charge is 0.237 e. The van der Waals surface area contributed by atoms with Crippen LogP contribution in [0.1, 0.15) is 24.8 Å². The Kier molecular flexibility index (Phi) is 6.02. The fraction of sp³-hybridized carbons (Fsp3) is 0.562. The molecule has 110 valence electrons. The fourth-order valence-electron chi connectivity index (χ4n) is 2.53. The predicted molar refractivity (Wildman–Crippen MR) is 79.3 cm³/mol. The van der Waals surface area contributed by atoms with Crippen molar-refractivity contribution in [2.75, 3.05) is 19.8 Å². The quantitative estimate of drug-likeness (QED) is 0.827. The molecule has 0 aliphatic carbocycles. The van der Waals surface area contributed by atoms with Gasteiger partial charge in [0.05, 0.1) is 6.04 Å². The Balaban J connectivity index is 1.66. The number of carbonyl (C=O) groups excluding carboxylic acids is 1. The number of ether oxygens (including phenoxy) is 1. The topological polar surface area (TPSA) is 64.4 Å². The van der Waals surface area contributed by atoms with E-state index < -0.39 is 6.04 Å². The second-order valence-corrected chi connectivity index (χ2v) is 5.43. The number of nitrogens with two attached hydrogens (primary N) is 1. The molecule has 1 fully saturated rings. The number of amides is 1. The Morgan fingerprint density at radius 1 is 1.30 bits per heavy atom. The molecule has 1 aliphatic heterocycles. The first-order valence-corrected chi connectivity index (χ1v) is 7.40. The lowest BCUT2D eigenvalue weighted by Crippen LogP contribution is -2.42. The van der Waals surface area contributed by atoms with Crippen molar-refractivity contribution >= 4 is 5.91 Å². The number of hydrogen-bond donors (Lipinski definition) is 2. The summed E-state index contributed by atoms with van der Waals surface area (Å²) in [5.41, 5.74) is 7.03. The molecule has 1 aliphatic rings. The Morgan fingerprint density at radius 2 is 2.00 bits per heavy atom. The first kappa shape index (κ1) is 15.0. The number of benzene rings is 1. The lowest BCUT2D eigenvalue weighted by Gasteiger charge is -2.22. The maximum absolute atomic E-state index is 11.9. The van der Waals surface area contributed by atoms with Crippen molar-refractivity contribution in [3.05, 3.63) is 35.9 Å². The third kappa shape index (κ3) is 4.94. The molecule has 1 aromatic carbocycles. The van der Waals surface area contributed by atoms with Crippen LogP contribution in [-0.4, -0.2) is 31.7 Å². The summed E-state index contributed by atoms with van der Waals surface area (Å²) in [5, 5.41) is 2.95. The standard InChI is InChI=1S/C16H24N2O2/c17-15(12-14-4-2-1-3-5-14)16(19)18-9-6-13-7-10-20-11-8-13/h1-5,13,15H,6-12,17H2,(H,18,19). The molecule has 4 heteroatoms. The number of nitrogens with one attached hydrogen (secondary N) is 1. The molecular weight excluding hydrogens is 252 g/mol. The zero-order valence-electron chi connectivity index (χ0n) is 11.9. The number of carbonyl (C=O) groups is 1. The van der Waals surface area contributed by atoms with Gasteiger partial charge in [-0.3, -0.25) is 4.79 Å². The van der Waals surface area contributed by atoms with Gasteiger partial charge in [-0.1, -0.05) is 30.3 Å². The molecule has 1 unspecified atom stereocenters. The third-order valence-corrected chi connectivity index (χ3v) is 3.83. The van der Waals surface area contributed by atoms with Gasteiger partial charge in [-0.2, -0.15) is 0 Å². The molecule has 4 nitrogen and oxygen atoms in total. The van der Waals surface area contributed by atoms with Crippen LogP contribution >= 0.6 is 0 Å². The minimum atomic E-state index is -0.466. The number of rotatable bonds is 6. The summed E-state index contributed by atoms with van der Waals surface area (Å²) in [6, 6.07) is 9.41. The van der Waals surface area contributed by atoms with Crippen LogP contribution in [0, 0.1) is 5.92 Å². The molecule has 0 spiro atoms. The van der Waals surface area contributed by atoms with E-state index in [1.165, 1.54) is 0 Å². The lowest BCUT2D eigenvalue weighted by atomic mass is 9.96. The monoisotopic (exact) mass is 276 g/mol. The fourth-order valence-corrected chi connectivity index (χ4v) is 2.53. The van der Waals surface area contributed by atoms with Crippen LogP contribution in [0.3, 0.4) is 0 Å². The van der Waals surface area contributed by atoms with Crippen LogP contribution in [-0.2, 0) is 16.0 Å². The Labute approximate surface area is 120 Å². The first-order chi connectivity index (χ1) is 9.75. The van der Waals surface area contributed by atoms with Crippen molar-refractivity contribution in [1.82, 2.24) is 5.32 Å². The highest BCUT2D eigenvalue weighted by molar-refractivity contribution is 5.81.